The first-order chi connectivity index (χ1) is 11.9. The molecule has 0 bridgehead atoms. The van der Waals surface area contributed by atoms with Crippen LogP contribution in [-0.2, 0) is 16.4 Å². The number of hydrogen-bond donors (Lipinski definition) is 0. The third-order valence-corrected chi connectivity index (χ3v) is 6.71. The molecule has 1 atom stereocenters. The first-order valence-corrected chi connectivity index (χ1v) is 11.0. The lowest BCUT2D eigenvalue weighted by Gasteiger charge is -2.40. The monoisotopic (exact) mass is 370 g/mol. The Morgan fingerprint density at radius 2 is 1.84 bits per heavy atom. The molecule has 2 heterocycles. The van der Waals surface area contributed by atoms with E-state index in [1.54, 1.807) is 4.31 Å². The lowest BCUT2D eigenvalue weighted by Crippen LogP contribution is -2.49. The van der Waals surface area contributed by atoms with Gasteiger partial charge in [-0.05, 0) is 38.5 Å². The maximum absolute atomic E-state index is 14.6. The molecule has 3 rings (SSSR count). The summed E-state index contributed by atoms with van der Waals surface area (Å²) in [4.78, 5) is 10.1. The van der Waals surface area contributed by atoms with Crippen molar-refractivity contribution < 1.29 is 12.8 Å². The van der Waals surface area contributed by atoms with Crippen LogP contribution in [0, 0.1) is 5.82 Å². The van der Waals surface area contributed by atoms with Crippen molar-refractivity contribution in [3.8, 4) is 0 Å². The summed E-state index contributed by atoms with van der Waals surface area (Å²) in [5.74, 6) is 0.00413. The molecule has 25 heavy (non-hydrogen) atoms. The Kier molecular flexibility index (Phi) is 5.58. The molecule has 0 spiro atoms. The summed E-state index contributed by atoms with van der Waals surface area (Å²) in [7, 11) is -3.23. The number of rotatable bonds is 5. The van der Waals surface area contributed by atoms with E-state index < -0.39 is 10.0 Å². The van der Waals surface area contributed by atoms with E-state index in [2.05, 4.69) is 9.97 Å². The van der Waals surface area contributed by atoms with Crippen LogP contribution in [0.4, 0.5) is 10.2 Å². The van der Waals surface area contributed by atoms with Gasteiger partial charge in [0.15, 0.2) is 11.6 Å². The van der Waals surface area contributed by atoms with Gasteiger partial charge in [0, 0.05) is 25.2 Å². The van der Waals surface area contributed by atoms with E-state index in [0.717, 1.165) is 32.1 Å². The second-order valence-electron chi connectivity index (χ2n) is 7.06. The lowest BCUT2D eigenvalue weighted by atomic mass is 9.91. The van der Waals surface area contributed by atoms with E-state index >= 15 is 0 Å². The SMILES string of the molecule is CCc1ncnc(N2CCCC(N(C3CCC3)S(C)(=O)=O)CC2)c1F. The Balaban J connectivity index is 1.76. The Hall–Kier alpha value is -1.28. The molecule has 0 N–H and O–H groups in total. The van der Waals surface area contributed by atoms with Crippen molar-refractivity contribution in [3.05, 3.63) is 17.8 Å². The molecular formula is C17H27FN4O2S. The van der Waals surface area contributed by atoms with Crippen LogP contribution >= 0.6 is 0 Å². The Morgan fingerprint density at radius 3 is 2.44 bits per heavy atom. The van der Waals surface area contributed by atoms with Crippen LogP contribution in [0.5, 0.6) is 0 Å². The molecule has 8 heteroatoms. The van der Waals surface area contributed by atoms with Crippen LogP contribution < -0.4 is 4.90 Å². The average Bonchev–Trinajstić information content (AvgIpc) is 2.75. The van der Waals surface area contributed by atoms with Crippen molar-refractivity contribution in [2.24, 2.45) is 0 Å². The van der Waals surface area contributed by atoms with Gasteiger partial charge in [-0.25, -0.2) is 22.8 Å². The van der Waals surface area contributed by atoms with Gasteiger partial charge in [-0.2, -0.15) is 4.31 Å². The average molecular weight is 370 g/mol. The molecule has 1 aliphatic heterocycles. The summed E-state index contributed by atoms with van der Waals surface area (Å²) in [6.07, 6.45) is 8.60. The molecule has 0 aromatic carbocycles. The van der Waals surface area contributed by atoms with E-state index in [1.807, 2.05) is 11.8 Å². The largest absolute Gasteiger partial charge is 0.354 e. The van der Waals surface area contributed by atoms with Gasteiger partial charge in [-0.15, -0.1) is 0 Å². The number of sulfonamides is 1. The molecule has 1 unspecified atom stereocenters. The molecule has 1 aliphatic carbocycles. The van der Waals surface area contributed by atoms with Gasteiger partial charge in [-0.3, -0.25) is 0 Å². The highest BCUT2D eigenvalue weighted by atomic mass is 32.2. The zero-order chi connectivity index (χ0) is 18.0. The minimum absolute atomic E-state index is 0.000781. The first kappa shape index (κ1) is 18.5. The quantitative estimate of drug-likeness (QED) is 0.796. The molecule has 2 aliphatic rings. The van der Waals surface area contributed by atoms with E-state index in [4.69, 9.17) is 0 Å². The summed E-state index contributed by atoms with van der Waals surface area (Å²) >= 11 is 0. The highest BCUT2D eigenvalue weighted by Gasteiger charge is 2.37. The standard InChI is InChI=1S/C17H27FN4O2S/c1-3-15-16(18)17(20-12-19-15)21-10-5-8-14(9-11-21)22(25(2,23)24)13-6-4-7-13/h12-14H,3-11H2,1-2H3. The predicted molar refractivity (Wildman–Crippen MR) is 95.5 cm³/mol. The number of aryl methyl sites for hydroxylation is 1. The molecule has 6 nitrogen and oxygen atoms in total. The zero-order valence-electron chi connectivity index (χ0n) is 15.0. The van der Waals surface area contributed by atoms with Gasteiger partial charge in [0.05, 0.1) is 11.9 Å². The summed E-state index contributed by atoms with van der Waals surface area (Å²) < 4.78 is 40.9. The van der Waals surface area contributed by atoms with Crippen LogP contribution in [-0.4, -0.2) is 54.1 Å². The van der Waals surface area contributed by atoms with E-state index in [-0.39, 0.29) is 17.9 Å². The smallest absolute Gasteiger partial charge is 0.211 e. The van der Waals surface area contributed by atoms with Crippen molar-refractivity contribution in [2.45, 2.75) is 64.0 Å². The fourth-order valence-corrected chi connectivity index (χ4v) is 5.39. The van der Waals surface area contributed by atoms with Crippen LogP contribution in [0.15, 0.2) is 6.33 Å². The zero-order valence-corrected chi connectivity index (χ0v) is 15.8. The van der Waals surface area contributed by atoms with E-state index in [0.29, 0.717) is 37.4 Å². The lowest BCUT2D eigenvalue weighted by molar-refractivity contribution is 0.164. The topological polar surface area (TPSA) is 66.4 Å². The molecule has 1 aromatic heterocycles. The summed E-state index contributed by atoms with van der Waals surface area (Å²) in [5.41, 5.74) is 0.429. The maximum atomic E-state index is 14.6. The van der Waals surface area contributed by atoms with E-state index in [1.165, 1.54) is 12.6 Å². The Labute approximate surface area is 149 Å². The molecule has 1 saturated heterocycles. The molecule has 140 valence electrons. The molecule has 1 saturated carbocycles. The van der Waals surface area contributed by atoms with Gasteiger partial charge in [-0.1, -0.05) is 13.3 Å². The minimum atomic E-state index is -3.23. The Morgan fingerprint density at radius 1 is 1.16 bits per heavy atom. The normalized spacial score (nSPS) is 22.7. The summed E-state index contributed by atoms with van der Waals surface area (Å²) in [6.45, 7) is 3.17. The molecular weight excluding hydrogens is 343 g/mol. The predicted octanol–water partition coefficient (Wildman–Crippen LogP) is 2.35. The van der Waals surface area contributed by atoms with Gasteiger partial charge < -0.3 is 4.90 Å². The van der Waals surface area contributed by atoms with Crippen molar-refractivity contribution in [1.29, 1.82) is 0 Å². The number of anilines is 1. The molecule has 1 aromatic rings. The second kappa shape index (κ2) is 7.53. The second-order valence-corrected chi connectivity index (χ2v) is 8.95. The van der Waals surface area contributed by atoms with Crippen LogP contribution in [0.3, 0.4) is 0 Å². The number of nitrogens with zero attached hydrogens (tertiary/aromatic N) is 4. The van der Waals surface area contributed by atoms with Crippen molar-refractivity contribution in [2.75, 3.05) is 24.2 Å². The molecule has 0 amide bonds. The Bertz CT molecular complexity index is 709. The maximum Gasteiger partial charge on any atom is 0.211 e. The number of aromatic nitrogens is 2. The van der Waals surface area contributed by atoms with Crippen LogP contribution in [0.25, 0.3) is 0 Å². The van der Waals surface area contributed by atoms with Gasteiger partial charge in [0.2, 0.25) is 10.0 Å². The van der Waals surface area contributed by atoms with Crippen molar-refractivity contribution in [3.63, 3.8) is 0 Å². The van der Waals surface area contributed by atoms with Crippen molar-refractivity contribution >= 4 is 15.8 Å². The van der Waals surface area contributed by atoms with Gasteiger partial charge in [0.25, 0.3) is 0 Å². The minimum Gasteiger partial charge on any atom is -0.354 e. The fraction of sp³-hybridized carbons (Fsp3) is 0.765. The third kappa shape index (κ3) is 3.95. The van der Waals surface area contributed by atoms with Gasteiger partial charge >= 0.3 is 0 Å². The fourth-order valence-electron chi connectivity index (χ4n) is 3.89. The summed E-state index contributed by atoms with van der Waals surface area (Å²) in [5, 5.41) is 0. The third-order valence-electron chi connectivity index (χ3n) is 5.35. The van der Waals surface area contributed by atoms with Crippen molar-refractivity contribution in [1.82, 2.24) is 14.3 Å². The molecule has 2 fully saturated rings. The first-order valence-electron chi connectivity index (χ1n) is 9.14. The molecule has 0 radical (unpaired) electrons. The highest BCUT2D eigenvalue weighted by molar-refractivity contribution is 7.88. The van der Waals surface area contributed by atoms with Gasteiger partial charge in [0.1, 0.15) is 6.33 Å². The van der Waals surface area contributed by atoms with E-state index in [9.17, 15) is 12.8 Å². The number of hydrogen-bond acceptors (Lipinski definition) is 5. The number of halogens is 1. The van der Waals surface area contributed by atoms with Crippen LogP contribution in [0.1, 0.15) is 51.1 Å². The highest BCUT2D eigenvalue weighted by Crippen LogP contribution is 2.32. The summed E-state index contributed by atoms with van der Waals surface area (Å²) in [6, 6.07) is 0.148. The van der Waals surface area contributed by atoms with Crippen LogP contribution in [0.2, 0.25) is 0 Å².